The first-order chi connectivity index (χ1) is 15.6. The minimum absolute atomic E-state index is 0.176. The normalized spacial score (nSPS) is 30.9. The summed E-state index contributed by atoms with van der Waals surface area (Å²) in [6.07, 6.45) is 9.06. The van der Waals surface area contributed by atoms with E-state index >= 15 is 0 Å². The average molecular weight is 435 g/mol. The first kappa shape index (κ1) is 20.3. The number of fused-ring (bicyclic) bond motifs is 4. The highest BCUT2D eigenvalue weighted by atomic mass is 16.5. The van der Waals surface area contributed by atoms with Gasteiger partial charge >= 0.3 is 6.03 Å². The molecule has 2 saturated heterocycles. The van der Waals surface area contributed by atoms with Gasteiger partial charge in [-0.2, -0.15) is 0 Å². The van der Waals surface area contributed by atoms with Gasteiger partial charge in [0.15, 0.2) is 0 Å². The van der Waals surface area contributed by atoms with Crippen molar-refractivity contribution in [3.05, 3.63) is 53.9 Å². The molecular weight excluding hydrogens is 400 g/mol. The van der Waals surface area contributed by atoms with Crippen LogP contribution in [0.3, 0.4) is 0 Å². The Hall–Kier alpha value is -2.31. The first-order valence-electron chi connectivity index (χ1n) is 12.3. The third-order valence-corrected chi connectivity index (χ3v) is 8.19. The molecule has 0 bridgehead atoms. The van der Waals surface area contributed by atoms with Crippen molar-refractivity contribution in [2.45, 2.75) is 75.8 Å². The maximum Gasteiger partial charge on any atom is 0.318 e. The summed E-state index contributed by atoms with van der Waals surface area (Å²) >= 11 is 0. The largest absolute Gasteiger partial charge is 0.363 e. The predicted octanol–water partition coefficient (Wildman–Crippen LogP) is 4.02. The standard InChI is InChI=1S/C26H34N4O2/c1-26(24-11-6-14-29(24)22-9-4-2-7-19(22)17-32-26)18-28-15-12-20(13-16-28)30-23-10-5-3-8-21(23)27-25(30)31/h2,4,6-7,9,11,14,20-21,23H,3,5,8,10,12-13,15-18H2,1H3,(H,27,31). The molecule has 3 fully saturated rings. The Balaban J connectivity index is 1.15. The minimum atomic E-state index is -0.366. The third kappa shape index (κ3) is 3.35. The van der Waals surface area contributed by atoms with Crippen LogP contribution in [0, 0.1) is 0 Å². The molecule has 0 spiro atoms. The number of para-hydroxylation sites is 1. The molecule has 6 rings (SSSR count). The maximum absolute atomic E-state index is 12.7. The van der Waals surface area contributed by atoms with Crippen molar-refractivity contribution < 1.29 is 9.53 Å². The summed E-state index contributed by atoms with van der Waals surface area (Å²) < 4.78 is 8.88. The van der Waals surface area contributed by atoms with Crippen LogP contribution in [0.4, 0.5) is 4.79 Å². The molecular formula is C26H34N4O2. The van der Waals surface area contributed by atoms with Crippen LogP contribution in [0.25, 0.3) is 5.69 Å². The molecule has 4 heterocycles. The number of ether oxygens (including phenoxy) is 1. The van der Waals surface area contributed by atoms with Crippen LogP contribution in [-0.2, 0) is 16.9 Å². The predicted molar refractivity (Wildman–Crippen MR) is 124 cm³/mol. The highest BCUT2D eigenvalue weighted by molar-refractivity contribution is 5.78. The Bertz CT molecular complexity index is 995. The second-order valence-electron chi connectivity index (χ2n) is 10.2. The Labute approximate surface area is 190 Å². The number of hydrogen-bond acceptors (Lipinski definition) is 3. The SMILES string of the molecule is CC1(CN2CCC(N3C(=O)NC4CCCCC43)CC2)OCc2ccccc2-n2cccc21. The summed E-state index contributed by atoms with van der Waals surface area (Å²) in [6.45, 7) is 5.76. The van der Waals surface area contributed by atoms with Crippen LogP contribution in [0.15, 0.2) is 42.6 Å². The molecule has 1 saturated carbocycles. The quantitative estimate of drug-likeness (QED) is 0.794. The second kappa shape index (κ2) is 7.92. The molecule has 4 aliphatic rings. The van der Waals surface area contributed by atoms with Crippen molar-refractivity contribution in [1.82, 2.24) is 19.7 Å². The van der Waals surface area contributed by atoms with E-state index in [2.05, 4.69) is 69.2 Å². The van der Waals surface area contributed by atoms with Crippen LogP contribution >= 0.6 is 0 Å². The van der Waals surface area contributed by atoms with Gasteiger partial charge in [0.1, 0.15) is 5.60 Å². The van der Waals surface area contributed by atoms with E-state index in [0.717, 1.165) is 45.3 Å². The number of urea groups is 1. The molecule has 1 aromatic heterocycles. The number of nitrogens with zero attached hydrogens (tertiary/aromatic N) is 3. The molecule has 6 heteroatoms. The fourth-order valence-corrected chi connectivity index (χ4v) is 6.54. The van der Waals surface area contributed by atoms with Gasteiger partial charge in [0.05, 0.1) is 30.1 Å². The Morgan fingerprint density at radius 2 is 1.88 bits per heavy atom. The van der Waals surface area contributed by atoms with Crippen LogP contribution < -0.4 is 5.32 Å². The lowest BCUT2D eigenvalue weighted by atomic mass is 9.89. The van der Waals surface area contributed by atoms with E-state index in [-0.39, 0.29) is 11.6 Å². The summed E-state index contributed by atoms with van der Waals surface area (Å²) in [4.78, 5) is 17.5. The molecule has 1 aromatic carbocycles. The van der Waals surface area contributed by atoms with Gasteiger partial charge in [-0.3, -0.25) is 4.90 Å². The third-order valence-electron chi connectivity index (χ3n) is 8.19. The molecule has 3 aliphatic heterocycles. The van der Waals surface area contributed by atoms with Gasteiger partial charge in [0.25, 0.3) is 0 Å². The number of likely N-dealkylation sites (tertiary alicyclic amines) is 1. The van der Waals surface area contributed by atoms with Gasteiger partial charge in [0.2, 0.25) is 0 Å². The lowest BCUT2D eigenvalue weighted by molar-refractivity contribution is -0.0746. The van der Waals surface area contributed by atoms with E-state index in [0.29, 0.717) is 24.7 Å². The fraction of sp³-hybridized carbons (Fsp3) is 0.577. The van der Waals surface area contributed by atoms with Gasteiger partial charge in [-0.1, -0.05) is 31.0 Å². The van der Waals surface area contributed by atoms with Crippen LogP contribution in [0.1, 0.15) is 56.7 Å². The van der Waals surface area contributed by atoms with Crippen LogP contribution in [0.2, 0.25) is 0 Å². The molecule has 32 heavy (non-hydrogen) atoms. The molecule has 1 aliphatic carbocycles. The van der Waals surface area contributed by atoms with Gasteiger partial charge in [-0.25, -0.2) is 4.79 Å². The summed E-state index contributed by atoms with van der Waals surface area (Å²) in [6, 6.07) is 14.2. The fourth-order valence-electron chi connectivity index (χ4n) is 6.54. The number of benzene rings is 1. The van der Waals surface area contributed by atoms with Crippen molar-refractivity contribution in [2.24, 2.45) is 0 Å². The number of amides is 2. The number of hydrogen-bond donors (Lipinski definition) is 1. The van der Waals surface area contributed by atoms with Crippen molar-refractivity contribution in [3.8, 4) is 5.69 Å². The van der Waals surface area contributed by atoms with Crippen molar-refractivity contribution in [3.63, 3.8) is 0 Å². The monoisotopic (exact) mass is 434 g/mol. The summed E-state index contributed by atoms with van der Waals surface area (Å²) in [5, 5.41) is 3.26. The molecule has 170 valence electrons. The zero-order valence-electron chi connectivity index (χ0n) is 19.0. The number of carbonyl (C=O) groups excluding carboxylic acids is 1. The molecule has 1 N–H and O–H groups in total. The lowest BCUT2D eigenvalue weighted by Crippen LogP contribution is -2.52. The van der Waals surface area contributed by atoms with Crippen LogP contribution in [0.5, 0.6) is 0 Å². The van der Waals surface area contributed by atoms with E-state index < -0.39 is 0 Å². The first-order valence-corrected chi connectivity index (χ1v) is 12.3. The van der Waals surface area contributed by atoms with Gasteiger partial charge < -0.3 is 19.5 Å². The molecule has 3 atom stereocenters. The molecule has 6 nitrogen and oxygen atoms in total. The Morgan fingerprint density at radius 1 is 1.06 bits per heavy atom. The second-order valence-corrected chi connectivity index (χ2v) is 10.2. The molecule has 2 amide bonds. The number of carbonyl (C=O) groups is 1. The number of rotatable bonds is 3. The van der Waals surface area contributed by atoms with Crippen molar-refractivity contribution in [1.29, 1.82) is 0 Å². The Kier molecular flexibility index (Phi) is 5.03. The van der Waals surface area contributed by atoms with E-state index in [4.69, 9.17) is 4.74 Å². The van der Waals surface area contributed by atoms with Crippen molar-refractivity contribution >= 4 is 6.03 Å². The summed E-state index contributed by atoms with van der Waals surface area (Å²) in [7, 11) is 0. The topological polar surface area (TPSA) is 49.7 Å². The zero-order valence-corrected chi connectivity index (χ0v) is 19.0. The molecule has 0 radical (unpaired) electrons. The summed E-state index contributed by atoms with van der Waals surface area (Å²) in [5.74, 6) is 0. The van der Waals surface area contributed by atoms with E-state index in [1.807, 2.05) is 0 Å². The van der Waals surface area contributed by atoms with Crippen molar-refractivity contribution in [2.75, 3.05) is 19.6 Å². The zero-order chi connectivity index (χ0) is 21.7. The average Bonchev–Trinajstić information content (AvgIpc) is 3.41. The van der Waals surface area contributed by atoms with Crippen LogP contribution in [-0.4, -0.2) is 58.2 Å². The molecule has 2 aromatic rings. The van der Waals surface area contributed by atoms with E-state index in [1.165, 1.54) is 29.8 Å². The summed E-state index contributed by atoms with van der Waals surface area (Å²) in [5.41, 5.74) is 3.30. The lowest BCUT2D eigenvalue weighted by Gasteiger charge is -2.42. The Morgan fingerprint density at radius 3 is 2.75 bits per heavy atom. The van der Waals surface area contributed by atoms with E-state index in [9.17, 15) is 4.79 Å². The minimum Gasteiger partial charge on any atom is -0.363 e. The smallest absolute Gasteiger partial charge is 0.318 e. The maximum atomic E-state index is 12.7. The van der Waals surface area contributed by atoms with Gasteiger partial charge in [0, 0.05) is 37.4 Å². The highest BCUT2D eigenvalue weighted by Crippen LogP contribution is 2.37. The number of aromatic nitrogens is 1. The highest BCUT2D eigenvalue weighted by Gasteiger charge is 2.45. The van der Waals surface area contributed by atoms with Gasteiger partial charge in [-0.05, 0) is 50.8 Å². The molecule has 3 unspecified atom stereocenters. The van der Waals surface area contributed by atoms with E-state index in [1.54, 1.807) is 0 Å². The number of nitrogens with one attached hydrogen (secondary N) is 1. The number of piperidine rings is 1. The van der Waals surface area contributed by atoms with Gasteiger partial charge in [-0.15, -0.1) is 0 Å².